The van der Waals surface area contributed by atoms with E-state index in [-0.39, 0.29) is 40.1 Å². The standard InChI is InChI=1S/C12H9N.CH3.Y/c1-10-5-4-6-11(9-10)12-7-2-3-8-13-12;;/h2-6,8H,1H3;1H3;/q-2;-1;+3. The van der Waals surface area contributed by atoms with Crippen molar-refractivity contribution in [1.82, 2.24) is 4.98 Å². The summed E-state index contributed by atoms with van der Waals surface area (Å²) in [6.45, 7) is 2.02. The maximum Gasteiger partial charge on any atom is 3.00 e. The van der Waals surface area contributed by atoms with Gasteiger partial charge in [0.25, 0.3) is 0 Å². The SMILES string of the molecule is Cc1[c-]c(-c2[c-]cccn2)ccc1.[CH3-].[Y+3]. The van der Waals surface area contributed by atoms with Gasteiger partial charge in [0.2, 0.25) is 0 Å². The van der Waals surface area contributed by atoms with E-state index >= 15 is 0 Å². The first-order valence-corrected chi connectivity index (χ1v) is 4.18. The Hall–Kier alpha value is -0.526. The molecule has 0 amide bonds. The molecule has 0 N–H and O–H groups in total. The van der Waals surface area contributed by atoms with Crippen molar-refractivity contribution < 1.29 is 32.7 Å². The number of nitrogens with zero attached hydrogens (tertiary/aromatic N) is 1. The number of aryl methyl sites for hydroxylation is 1. The van der Waals surface area contributed by atoms with Crippen molar-refractivity contribution in [3.05, 3.63) is 61.7 Å². The van der Waals surface area contributed by atoms with Gasteiger partial charge in [-0.2, -0.15) is 18.2 Å². The number of hydrogen-bond donors (Lipinski definition) is 0. The quantitative estimate of drug-likeness (QED) is 0.726. The topological polar surface area (TPSA) is 12.9 Å². The summed E-state index contributed by atoms with van der Waals surface area (Å²) in [6, 6.07) is 16.0. The molecule has 0 spiro atoms. The monoisotopic (exact) mass is 271 g/mol. The first-order chi connectivity index (χ1) is 6.36. The van der Waals surface area contributed by atoms with Crippen LogP contribution in [0.3, 0.4) is 0 Å². The van der Waals surface area contributed by atoms with Crippen molar-refractivity contribution in [3.8, 4) is 11.3 Å². The van der Waals surface area contributed by atoms with Crippen LogP contribution in [-0.2, 0) is 32.7 Å². The molecule has 1 aromatic carbocycles. The van der Waals surface area contributed by atoms with Crippen molar-refractivity contribution in [2.24, 2.45) is 0 Å². The van der Waals surface area contributed by atoms with Crippen LogP contribution in [0.4, 0.5) is 0 Å². The zero-order valence-electron chi connectivity index (χ0n) is 8.99. The molecule has 1 heterocycles. The number of benzene rings is 1. The fourth-order valence-corrected chi connectivity index (χ4v) is 1.19. The van der Waals surface area contributed by atoms with E-state index in [1.54, 1.807) is 6.20 Å². The molecule has 2 rings (SSSR count). The minimum absolute atomic E-state index is 0. The van der Waals surface area contributed by atoms with E-state index in [9.17, 15) is 0 Å². The molecule has 0 aliphatic rings. The summed E-state index contributed by atoms with van der Waals surface area (Å²) < 4.78 is 0. The molecular formula is C13H12NY. The maximum absolute atomic E-state index is 4.20. The second-order valence-corrected chi connectivity index (χ2v) is 2.88. The largest absolute Gasteiger partial charge is 3.00 e. The van der Waals surface area contributed by atoms with Gasteiger partial charge in [0.1, 0.15) is 0 Å². The van der Waals surface area contributed by atoms with E-state index in [0.717, 1.165) is 16.8 Å². The molecule has 15 heavy (non-hydrogen) atoms. The van der Waals surface area contributed by atoms with Gasteiger partial charge in [0.15, 0.2) is 0 Å². The van der Waals surface area contributed by atoms with Crippen molar-refractivity contribution in [3.63, 3.8) is 0 Å². The summed E-state index contributed by atoms with van der Waals surface area (Å²) in [4.78, 5) is 4.20. The molecule has 2 heteroatoms. The molecule has 0 aliphatic carbocycles. The summed E-state index contributed by atoms with van der Waals surface area (Å²) >= 11 is 0. The van der Waals surface area contributed by atoms with E-state index in [1.165, 1.54) is 0 Å². The predicted molar refractivity (Wildman–Crippen MR) is 58.5 cm³/mol. The van der Waals surface area contributed by atoms with Crippen LogP contribution >= 0.6 is 0 Å². The fraction of sp³-hybridized carbons (Fsp3) is 0.0769. The molecule has 1 nitrogen and oxygen atoms in total. The molecule has 0 saturated heterocycles. The smallest absolute Gasteiger partial charge is 0.358 e. The first-order valence-electron chi connectivity index (χ1n) is 4.18. The van der Waals surface area contributed by atoms with Crippen LogP contribution in [-0.4, -0.2) is 4.98 Å². The zero-order chi connectivity index (χ0) is 9.10. The molecular weight excluding hydrogens is 259 g/mol. The normalized spacial score (nSPS) is 8.60. The van der Waals surface area contributed by atoms with E-state index < -0.39 is 0 Å². The molecule has 1 aromatic heterocycles. The Morgan fingerprint density at radius 2 is 2.00 bits per heavy atom. The third-order valence-corrected chi connectivity index (χ3v) is 1.80. The van der Waals surface area contributed by atoms with E-state index in [4.69, 9.17) is 0 Å². The molecule has 72 valence electrons. The van der Waals surface area contributed by atoms with Crippen LogP contribution in [0.15, 0.2) is 36.5 Å². The summed E-state index contributed by atoms with van der Waals surface area (Å²) in [5, 5.41) is 0. The Morgan fingerprint density at radius 3 is 2.60 bits per heavy atom. The third-order valence-electron chi connectivity index (χ3n) is 1.80. The van der Waals surface area contributed by atoms with Crippen molar-refractivity contribution in [2.45, 2.75) is 6.92 Å². The summed E-state index contributed by atoms with van der Waals surface area (Å²) in [6.07, 6.45) is 1.77. The van der Waals surface area contributed by atoms with Crippen molar-refractivity contribution in [1.29, 1.82) is 0 Å². The number of aromatic nitrogens is 1. The van der Waals surface area contributed by atoms with E-state index in [2.05, 4.69) is 17.1 Å². The number of pyridine rings is 1. The minimum Gasteiger partial charge on any atom is -0.358 e. The van der Waals surface area contributed by atoms with Gasteiger partial charge in [0.05, 0.1) is 0 Å². The predicted octanol–water partition coefficient (Wildman–Crippen LogP) is 3.11. The third kappa shape index (κ3) is 3.85. The van der Waals surface area contributed by atoms with Gasteiger partial charge in [-0.15, -0.1) is 23.4 Å². The van der Waals surface area contributed by atoms with Gasteiger partial charge >= 0.3 is 32.7 Å². The van der Waals surface area contributed by atoms with Crippen molar-refractivity contribution >= 4 is 0 Å². The minimum atomic E-state index is 0. The van der Waals surface area contributed by atoms with Gasteiger partial charge < -0.3 is 12.4 Å². The van der Waals surface area contributed by atoms with E-state index in [0.29, 0.717) is 0 Å². The molecule has 0 bridgehead atoms. The molecule has 0 saturated carbocycles. The fourth-order valence-electron chi connectivity index (χ4n) is 1.19. The molecule has 0 aliphatic heterocycles. The summed E-state index contributed by atoms with van der Waals surface area (Å²) in [5.41, 5.74) is 2.98. The Balaban J connectivity index is 0.000000980. The van der Waals surface area contributed by atoms with Crippen LogP contribution < -0.4 is 0 Å². The Labute approximate surface area is 117 Å². The van der Waals surface area contributed by atoms with Crippen molar-refractivity contribution in [2.75, 3.05) is 0 Å². The second kappa shape index (κ2) is 6.87. The van der Waals surface area contributed by atoms with Crippen LogP contribution in [0.25, 0.3) is 11.3 Å². The first kappa shape index (κ1) is 14.5. The molecule has 2 aromatic rings. The van der Waals surface area contributed by atoms with Gasteiger partial charge in [-0.1, -0.05) is 6.92 Å². The Bertz CT molecular complexity index is 398. The summed E-state index contributed by atoms with van der Waals surface area (Å²) in [5.74, 6) is 0. The van der Waals surface area contributed by atoms with Crippen LogP contribution in [0.1, 0.15) is 5.56 Å². The molecule has 0 unspecified atom stereocenters. The zero-order valence-corrected chi connectivity index (χ0v) is 11.8. The number of rotatable bonds is 1. The van der Waals surface area contributed by atoms with Gasteiger partial charge in [-0.25, -0.2) is 17.7 Å². The molecule has 0 atom stereocenters. The van der Waals surface area contributed by atoms with Gasteiger partial charge in [0, 0.05) is 0 Å². The van der Waals surface area contributed by atoms with Crippen LogP contribution in [0, 0.1) is 26.5 Å². The second-order valence-electron chi connectivity index (χ2n) is 2.88. The van der Waals surface area contributed by atoms with Crippen LogP contribution in [0.2, 0.25) is 0 Å². The maximum atomic E-state index is 4.20. The summed E-state index contributed by atoms with van der Waals surface area (Å²) in [7, 11) is 0. The number of hydrogen-bond acceptors (Lipinski definition) is 1. The van der Waals surface area contributed by atoms with Gasteiger partial charge in [-0.3, -0.25) is 0 Å². The Morgan fingerprint density at radius 1 is 1.20 bits per heavy atom. The molecule has 0 fully saturated rings. The average molecular weight is 271 g/mol. The van der Waals surface area contributed by atoms with Gasteiger partial charge in [-0.05, 0) is 6.20 Å². The average Bonchev–Trinajstić information content (AvgIpc) is 2.19. The van der Waals surface area contributed by atoms with E-state index in [1.807, 2.05) is 37.3 Å². The Kier molecular flexibility index (Phi) is 6.63. The van der Waals surface area contributed by atoms with Crippen LogP contribution in [0.5, 0.6) is 0 Å². The molecule has 0 radical (unpaired) electrons.